The summed E-state index contributed by atoms with van der Waals surface area (Å²) in [6.45, 7) is 4.72. The van der Waals surface area contributed by atoms with Gasteiger partial charge in [0.1, 0.15) is 22.7 Å². The number of fused-ring (bicyclic) bond motifs is 19. The van der Waals surface area contributed by atoms with E-state index >= 15 is 0 Å². The Labute approximate surface area is 400 Å². The molecular weight excluding hydrogens is 839 g/mol. The molecule has 0 N–H and O–H groups in total. The van der Waals surface area contributed by atoms with Crippen molar-refractivity contribution < 1.29 is 9.15 Å². The van der Waals surface area contributed by atoms with Crippen LogP contribution < -0.4 is 9.64 Å². The molecule has 0 amide bonds. The van der Waals surface area contributed by atoms with Gasteiger partial charge in [0.2, 0.25) is 0 Å². The minimum atomic E-state index is -0.620. The molecule has 15 rings (SSSR count). The molecule has 0 saturated carbocycles. The highest BCUT2D eigenvalue weighted by Gasteiger charge is 2.52. The molecule has 3 heteroatoms. The van der Waals surface area contributed by atoms with Gasteiger partial charge in [-0.2, -0.15) is 0 Å². The summed E-state index contributed by atoms with van der Waals surface area (Å²) < 4.78 is 13.6. The van der Waals surface area contributed by atoms with Gasteiger partial charge in [-0.25, -0.2) is 0 Å². The Balaban J connectivity index is 0.967. The summed E-state index contributed by atoms with van der Waals surface area (Å²) in [4.78, 5) is 2.46. The van der Waals surface area contributed by atoms with Crippen molar-refractivity contribution in [2.24, 2.45) is 0 Å². The third-order valence-corrected chi connectivity index (χ3v) is 15.7. The summed E-state index contributed by atoms with van der Waals surface area (Å²) in [6.07, 6.45) is 0. The minimum absolute atomic E-state index is 0.166. The van der Waals surface area contributed by atoms with Gasteiger partial charge in [0.25, 0.3) is 0 Å². The molecule has 0 atom stereocenters. The average molecular weight is 882 g/mol. The normalized spacial score (nSPS) is 14.3. The number of hydrogen-bond acceptors (Lipinski definition) is 3. The Morgan fingerprint density at radius 2 is 0.884 bits per heavy atom. The summed E-state index contributed by atoms with van der Waals surface area (Å²) in [5, 5.41) is 6.76. The summed E-state index contributed by atoms with van der Waals surface area (Å²) >= 11 is 0. The van der Waals surface area contributed by atoms with Crippen LogP contribution in [0.1, 0.15) is 47.2 Å². The lowest BCUT2D eigenvalue weighted by atomic mass is 9.65. The van der Waals surface area contributed by atoms with E-state index in [4.69, 9.17) is 9.15 Å². The fourth-order valence-corrected chi connectivity index (χ4v) is 12.6. The van der Waals surface area contributed by atoms with Crippen molar-refractivity contribution in [3.8, 4) is 44.9 Å². The standard InChI is InChI=1S/C66H43NO2/c1-65(2)54-23-11-7-20-48(54)50-32-30-44(39-59(50)65)67(43-31-36-62-53(38-43)51-22-10-14-26-61(51)68-62)60-25-13-9-17-45(60)42-29-33-56-52(37-42)49-21-8-12-24-55(49)66(56)57-34-27-40-15-3-5-18-46(40)63(57)69-64-47-19-6-4-16-41(47)28-35-58(64)66/h3-39H,1-2H3. The number of anilines is 3. The summed E-state index contributed by atoms with van der Waals surface area (Å²) in [7, 11) is 0. The zero-order chi connectivity index (χ0) is 45.6. The Morgan fingerprint density at radius 3 is 1.64 bits per heavy atom. The molecule has 2 heterocycles. The largest absolute Gasteiger partial charge is 0.456 e. The van der Waals surface area contributed by atoms with Gasteiger partial charge in [0.15, 0.2) is 0 Å². The van der Waals surface area contributed by atoms with Gasteiger partial charge >= 0.3 is 0 Å². The van der Waals surface area contributed by atoms with E-state index in [1.54, 1.807) is 0 Å². The van der Waals surface area contributed by atoms with Gasteiger partial charge in [-0.3, -0.25) is 0 Å². The Hall–Kier alpha value is -8.66. The van der Waals surface area contributed by atoms with Crippen molar-refractivity contribution in [1.82, 2.24) is 0 Å². The van der Waals surface area contributed by atoms with Crippen molar-refractivity contribution in [3.63, 3.8) is 0 Å². The van der Waals surface area contributed by atoms with Gasteiger partial charge in [-0.1, -0.05) is 190 Å². The van der Waals surface area contributed by atoms with E-state index < -0.39 is 5.41 Å². The van der Waals surface area contributed by atoms with E-state index in [-0.39, 0.29) is 5.41 Å². The van der Waals surface area contributed by atoms with Crippen molar-refractivity contribution in [3.05, 3.63) is 258 Å². The highest BCUT2D eigenvalue weighted by Crippen LogP contribution is 2.64. The van der Waals surface area contributed by atoms with Gasteiger partial charge in [-0.05, 0) is 109 Å². The van der Waals surface area contributed by atoms with Crippen LogP contribution in [0.3, 0.4) is 0 Å². The van der Waals surface area contributed by atoms with Crippen LogP contribution >= 0.6 is 0 Å². The third-order valence-electron chi connectivity index (χ3n) is 15.7. The first-order chi connectivity index (χ1) is 34.0. The van der Waals surface area contributed by atoms with E-state index in [0.717, 1.165) is 83.2 Å². The number of furan rings is 1. The molecule has 1 spiro atoms. The van der Waals surface area contributed by atoms with Gasteiger partial charge < -0.3 is 14.1 Å². The molecule has 3 nitrogen and oxygen atoms in total. The Bertz CT molecular complexity index is 4090. The van der Waals surface area contributed by atoms with Crippen molar-refractivity contribution in [1.29, 1.82) is 0 Å². The Morgan fingerprint density at radius 1 is 0.348 bits per heavy atom. The molecule has 0 fully saturated rings. The van der Waals surface area contributed by atoms with Gasteiger partial charge in [0.05, 0.1) is 11.1 Å². The lowest BCUT2D eigenvalue weighted by Crippen LogP contribution is -2.32. The maximum atomic E-state index is 7.23. The topological polar surface area (TPSA) is 25.6 Å². The number of benzene rings is 11. The number of nitrogens with zero attached hydrogens (tertiary/aromatic N) is 1. The highest BCUT2D eigenvalue weighted by molar-refractivity contribution is 6.07. The van der Waals surface area contributed by atoms with Crippen LogP contribution in [0, 0.1) is 0 Å². The second-order valence-corrected chi connectivity index (χ2v) is 19.5. The zero-order valence-electron chi connectivity index (χ0n) is 38.1. The summed E-state index contributed by atoms with van der Waals surface area (Å²) in [5.74, 6) is 1.85. The highest BCUT2D eigenvalue weighted by atomic mass is 16.5. The molecule has 69 heavy (non-hydrogen) atoms. The molecule has 0 radical (unpaired) electrons. The summed E-state index contributed by atoms with van der Waals surface area (Å²) in [6, 6.07) is 82.6. The monoisotopic (exact) mass is 881 g/mol. The maximum absolute atomic E-state index is 7.23. The average Bonchev–Trinajstić information content (AvgIpc) is 3.99. The van der Waals surface area contributed by atoms with Crippen LogP contribution in [-0.4, -0.2) is 0 Å². The predicted molar refractivity (Wildman–Crippen MR) is 284 cm³/mol. The lowest BCUT2D eigenvalue weighted by Gasteiger charge is -2.40. The second kappa shape index (κ2) is 13.9. The van der Waals surface area contributed by atoms with Crippen molar-refractivity contribution in [2.45, 2.75) is 24.7 Å². The molecule has 1 aliphatic heterocycles. The fourth-order valence-electron chi connectivity index (χ4n) is 12.6. The van der Waals surface area contributed by atoms with Crippen molar-refractivity contribution >= 4 is 60.5 Å². The second-order valence-electron chi connectivity index (χ2n) is 19.5. The van der Waals surface area contributed by atoms with E-state index in [0.29, 0.717) is 0 Å². The number of hydrogen-bond donors (Lipinski definition) is 0. The molecule has 0 saturated heterocycles. The van der Waals surface area contributed by atoms with Gasteiger partial charge in [0, 0.05) is 55.0 Å². The van der Waals surface area contributed by atoms with Crippen LogP contribution in [0.25, 0.3) is 76.9 Å². The molecule has 0 unspecified atom stereocenters. The van der Waals surface area contributed by atoms with Crippen molar-refractivity contribution in [2.75, 3.05) is 4.90 Å². The van der Waals surface area contributed by atoms with E-state index in [9.17, 15) is 0 Å². The lowest BCUT2D eigenvalue weighted by molar-refractivity contribution is 0.447. The number of para-hydroxylation sites is 2. The van der Waals surface area contributed by atoms with Crippen LogP contribution in [-0.2, 0) is 10.8 Å². The van der Waals surface area contributed by atoms with Crippen LogP contribution in [0.5, 0.6) is 11.5 Å². The molecule has 2 aliphatic carbocycles. The first kappa shape index (κ1) is 38.4. The third kappa shape index (κ3) is 5.17. The van der Waals surface area contributed by atoms with Crippen LogP contribution in [0.15, 0.2) is 229 Å². The summed E-state index contributed by atoms with van der Waals surface area (Å²) in [5.41, 5.74) is 19.2. The molecule has 1 aromatic heterocycles. The van der Waals surface area contributed by atoms with Gasteiger partial charge in [-0.15, -0.1) is 0 Å². The quantitative estimate of drug-likeness (QED) is 0.176. The van der Waals surface area contributed by atoms with Crippen LogP contribution in [0.2, 0.25) is 0 Å². The maximum Gasteiger partial charge on any atom is 0.140 e. The Kier molecular flexibility index (Phi) is 7.77. The minimum Gasteiger partial charge on any atom is -0.456 e. The molecule has 11 aromatic carbocycles. The van der Waals surface area contributed by atoms with E-state index in [2.05, 4.69) is 237 Å². The first-order valence-corrected chi connectivity index (χ1v) is 24.0. The first-order valence-electron chi connectivity index (χ1n) is 24.0. The van der Waals surface area contributed by atoms with Crippen LogP contribution in [0.4, 0.5) is 17.1 Å². The van der Waals surface area contributed by atoms with E-state index in [1.807, 2.05) is 6.07 Å². The smallest absolute Gasteiger partial charge is 0.140 e. The number of ether oxygens (including phenoxy) is 1. The molecule has 324 valence electrons. The molecule has 3 aliphatic rings. The zero-order valence-corrected chi connectivity index (χ0v) is 38.1. The molecular formula is C66H43NO2. The predicted octanol–water partition coefficient (Wildman–Crippen LogP) is 17.8. The molecule has 0 bridgehead atoms. The number of rotatable bonds is 4. The SMILES string of the molecule is CC1(C)c2ccccc2-c2ccc(N(c3ccc4oc5ccccc5c4c3)c3ccccc3-c3ccc4c(c3)-c3ccccc3C43c4ccc5ccccc5c4Oc4c3ccc3ccccc43)cc21. The van der Waals surface area contributed by atoms with E-state index in [1.165, 1.54) is 55.6 Å². The fraction of sp³-hybridized carbons (Fsp3) is 0.0606. The molecule has 12 aromatic rings.